The van der Waals surface area contributed by atoms with Gasteiger partial charge in [0, 0.05) is 0 Å². The highest BCUT2D eigenvalue weighted by Gasteiger charge is 2.41. The van der Waals surface area contributed by atoms with Crippen molar-refractivity contribution in [3.8, 4) is 0 Å². The summed E-state index contributed by atoms with van der Waals surface area (Å²) in [5.41, 5.74) is -0.293. The summed E-state index contributed by atoms with van der Waals surface area (Å²) in [5.74, 6) is 2.29. The summed E-state index contributed by atoms with van der Waals surface area (Å²) in [6.07, 6.45) is 11.2. The summed E-state index contributed by atoms with van der Waals surface area (Å²) >= 11 is 0. The van der Waals surface area contributed by atoms with Crippen LogP contribution in [0.15, 0.2) is 0 Å². The molecule has 0 spiro atoms. The molecule has 2 atom stereocenters. The van der Waals surface area contributed by atoms with Gasteiger partial charge >= 0.3 is 0 Å². The molecule has 2 aliphatic carbocycles. The Balaban J connectivity index is 1.95. The lowest BCUT2D eigenvalue weighted by Gasteiger charge is -2.44. The highest BCUT2D eigenvalue weighted by Crippen LogP contribution is 2.44. The second-order valence-electron chi connectivity index (χ2n) is 6.43. The molecule has 0 heterocycles. The summed E-state index contributed by atoms with van der Waals surface area (Å²) in [4.78, 5) is 0. The van der Waals surface area contributed by atoms with E-state index in [0.717, 1.165) is 24.7 Å². The first-order valence-electron chi connectivity index (χ1n) is 7.36. The minimum atomic E-state index is -0.293. The van der Waals surface area contributed by atoms with Crippen LogP contribution in [0.1, 0.15) is 71.6 Å². The van der Waals surface area contributed by atoms with Crippen LogP contribution >= 0.6 is 0 Å². The monoisotopic (exact) mass is 224 g/mol. The van der Waals surface area contributed by atoms with Crippen molar-refractivity contribution in [2.75, 3.05) is 0 Å². The van der Waals surface area contributed by atoms with Crippen molar-refractivity contribution in [2.45, 2.75) is 77.2 Å². The van der Waals surface area contributed by atoms with Crippen molar-refractivity contribution < 1.29 is 5.11 Å². The van der Waals surface area contributed by atoms with Gasteiger partial charge in [0.15, 0.2) is 0 Å². The molecule has 0 saturated heterocycles. The molecule has 1 heteroatoms. The largest absolute Gasteiger partial charge is 0.390 e. The van der Waals surface area contributed by atoms with Gasteiger partial charge in [0.2, 0.25) is 0 Å². The van der Waals surface area contributed by atoms with Crippen LogP contribution in [0.25, 0.3) is 0 Å². The average Bonchev–Trinajstić information content (AvgIpc) is 2.29. The molecule has 0 aliphatic heterocycles. The van der Waals surface area contributed by atoms with E-state index < -0.39 is 0 Å². The van der Waals surface area contributed by atoms with E-state index in [1.807, 2.05) is 0 Å². The third kappa shape index (κ3) is 2.61. The summed E-state index contributed by atoms with van der Waals surface area (Å²) in [5, 5.41) is 10.9. The normalized spacial score (nSPS) is 45.6. The van der Waals surface area contributed by atoms with E-state index in [4.69, 9.17) is 0 Å². The third-order valence-electron chi connectivity index (χ3n) is 5.22. The second kappa shape index (κ2) is 5.08. The number of hydrogen-bond acceptors (Lipinski definition) is 1. The predicted molar refractivity (Wildman–Crippen MR) is 68.3 cm³/mol. The summed E-state index contributed by atoms with van der Waals surface area (Å²) in [6, 6.07) is 0. The molecular formula is C15H28O. The highest BCUT2D eigenvalue weighted by atomic mass is 16.3. The lowest BCUT2D eigenvalue weighted by Crippen LogP contribution is -2.43. The van der Waals surface area contributed by atoms with E-state index in [-0.39, 0.29) is 5.60 Å². The molecule has 2 aliphatic rings. The zero-order valence-electron chi connectivity index (χ0n) is 11.0. The molecule has 0 radical (unpaired) electrons. The van der Waals surface area contributed by atoms with E-state index in [1.54, 1.807) is 0 Å². The zero-order chi connectivity index (χ0) is 11.6. The van der Waals surface area contributed by atoms with Crippen molar-refractivity contribution in [1.82, 2.24) is 0 Å². The standard InChI is InChI=1S/C15H28O/c1-3-13-5-4-10-15(16,11-13)14-8-6-12(2)7-9-14/h12-14,16H,3-11H2,1-2H3. The van der Waals surface area contributed by atoms with Crippen LogP contribution in [0.2, 0.25) is 0 Å². The first-order chi connectivity index (χ1) is 7.64. The molecule has 1 nitrogen and oxygen atoms in total. The second-order valence-corrected chi connectivity index (χ2v) is 6.43. The molecule has 2 unspecified atom stereocenters. The molecular weight excluding hydrogens is 196 g/mol. The Hall–Kier alpha value is -0.0400. The summed E-state index contributed by atoms with van der Waals surface area (Å²) < 4.78 is 0. The fourth-order valence-electron chi connectivity index (χ4n) is 3.92. The summed E-state index contributed by atoms with van der Waals surface area (Å²) in [7, 11) is 0. The minimum absolute atomic E-state index is 0.293. The molecule has 0 aromatic carbocycles. The van der Waals surface area contributed by atoms with Gasteiger partial charge in [-0.3, -0.25) is 0 Å². The van der Waals surface area contributed by atoms with Crippen LogP contribution in [0, 0.1) is 17.8 Å². The molecule has 2 rings (SSSR count). The Morgan fingerprint density at radius 3 is 2.44 bits per heavy atom. The molecule has 2 saturated carbocycles. The molecule has 1 N–H and O–H groups in total. The molecule has 0 aromatic heterocycles. The molecule has 2 fully saturated rings. The zero-order valence-corrected chi connectivity index (χ0v) is 11.0. The molecule has 94 valence electrons. The van der Waals surface area contributed by atoms with Crippen LogP contribution in [0.5, 0.6) is 0 Å². The van der Waals surface area contributed by atoms with Crippen LogP contribution in [-0.4, -0.2) is 10.7 Å². The van der Waals surface area contributed by atoms with E-state index in [0.29, 0.717) is 5.92 Å². The van der Waals surface area contributed by atoms with E-state index in [9.17, 15) is 5.11 Å². The lowest BCUT2D eigenvalue weighted by molar-refractivity contribution is -0.0794. The topological polar surface area (TPSA) is 20.2 Å². The summed E-state index contributed by atoms with van der Waals surface area (Å²) in [6.45, 7) is 4.63. The van der Waals surface area contributed by atoms with Crippen LogP contribution in [-0.2, 0) is 0 Å². The van der Waals surface area contributed by atoms with E-state index in [2.05, 4.69) is 13.8 Å². The molecule has 0 amide bonds. The van der Waals surface area contributed by atoms with E-state index >= 15 is 0 Å². The van der Waals surface area contributed by atoms with Crippen molar-refractivity contribution in [2.24, 2.45) is 17.8 Å². The SMILES string of the molecule is CCC1CCCC(O)(C2CCC(C)CC2)C1. The first kappa shape index (κ1) is 12.4. The first-order valence-corrected chi connectivity index (χ1v) is 7.36. The van der Waals surface area contributed by atoms with Gasteiger partial charge in [-0.05, 0) is 43.4 Å². The highest BCUT2D eigenvalue weighted by molar-refractivity contribution is 4.93. The fraction of sp³-hybridized carbons (Fsp3) is 1.00. The van der Waals surface area contributed by atoms with Crippen molar-refractivity contribution in [1.29, 1.82) is 0 Å². The maximum atomic E-state index is 10.9. The Morgan fingerprint density at radius 2 is 1.81 bits per heavy atom. The predicted octanol–water partition coefficient (Wildman–Crippen LogP) is 4.14. The van der Waals surface area contributed by atoms with Crippen LogP contribution in [0.3, 0.4) is 0 Å². The average molecular weight is 224 g/mol. The fourth-order valence-corrected chi connectivity index (χ4v) is 3.92. The quantitative estimate of drug-likeness (QED) is 0.747. The Labute approximate surface area is 101 Å². The van der Waals surface area contributed by atoms with Crippen LogP contribution < -0.4 is 0 Å². The lowest BCUT2D eigenvalue weighted by atomic mass is 9.65. The maximum Gasteiger partial charge on any atom is 0.0678 e. The molecule has 0 bridgehead atoms. The van der Waals surface area contributed by atoms with Crippen molar-refractivity contribution in [3.05, 3.63) is 0 Å². The Morgan fingerprint density at radius 1 is 1.12 bits per heavy atom. The number of rotatable bonds is 2. The Kier molecular flexibility index (Phi) is 3.94. The number of hydrogen-bond donors (Lipinski definition) is 1. The van der Waals surface area contributed by atoms with Crippen molar-refractivity contribution >= 4 is 0 Å². The van der Waals surface area contributed by atoms with Gasteiger partial charge in [-0.1, -0.05) is 46.0 Å². The molecule has 16 heavy (non-hydrogen) atoms. The van der Waals surface area contributed by atoms with Gasteiger partial charge in [0.25, 0.3) is 0 Å². The van der Waals surface area contributed by atoms with Crippen LogP contribution in [0.4, 0.5) is 0 Å². The van der Waals surface area contributed by atoms with Gasteiger partial charge < -0.3 is 5.11 Å². The molecule has 0 aromatic rings. The number of aliphatic hydroxyl groups is 1. The minimum Gasteiger partial charge on any atom is -0.390 e. The van der Waals surface area contributed by atoms with Gasteiger partial charge in [0.1, 0.15) is 0 Å². The van der Waals surface area contributed by atoms with Gasteiger partial charge in [-0.15, -0.1) is 0 Å². The maximum absolute atomic E-state index is 10.9. The van der Waals surface area contributed by atoms with E-state index in [1.165, 1.54) is 44.9 Å². The van der Waals surface area contributed by atoms with Crippen molar-refractivity contribution in [3.63, 3.8) is 0 Å². The van der Waals surface area contributed by atoms with Gasteiger partial charge in [0.05, 0.1) is 5.60 Å². The van der Waals surface area contributed by atoms with Gasteiger partial charge in [-0.25, -0.2) is 0 Å². The third-order valence-corrected chi connectivity index (χ3v) is 5.22. The Bertz CT molecular complexity index is 217. The van der Waals surface area contributed by atoms with Gasteiger partial charge in [-0.2, -0.15) is 0 Å². The smallest absolute Gasteiger partial charge is 0.0678 e.